The maximum absolute atomic E-state index is 13.5. The summed E-state index contributed by atoms with van der Waals surface area (Å²) in [4.78, 5) is 10.4. The minimum atomic E-state index is -0.771. The zero-order valence-electron chi connectivity index (χ0n) is 8.52. The standard InChI is InChI=1S/C12H7F2NO2/c13-8-1-2-11(12(14)5-8)7-3-9(15-17)6-10(16)4-7/h1-6,16H. The molecule has 0 atom stereocenters. The monoisotopic (exact) mass is 235 g/mol. The number of aromatic hydroxyl groups is 1. The molecule has 0 bridgehead atoms. The van der Waals surface area contributed by atoms with E-state index in [2.05, 4.69) is 5.18 Å². The molecule has 1 N–H and O–H groups in total. The minimum absolute atomic E-state index is 0.0243. The van der Waals surface area contributed by atoms with Crippen LogP contribution >= 0.6 is 0 Å². The average molecular weight is 235 g/mol. The first kappa shape index (κ1) is 11.2. The fraction of sp³-hybridized carbons (Fsp3) is 0. The van der Waals surface area contributed by atoms with Crippen molar-refractivity contribution in [3.05, 3.63) is 52.9 Å². The molecule has 0 radical (unpaired) electrons. The minimum Gasteiger partial charge on any atom is -0.508 e. The molecular formula is C12H7F2NO2. The van der Waals surface area contributed by atoms with Gasteiger partial charge in [0.2, 0.25) is 0 Å². The van der Waals surface area contributed by atoms with E-state index in [0.717, 1.165) is 18.2 Å². The number of phenols is 1. The summed E-state index contributed by atoms with van der Waals surface area (Å²) in [5.41, 5.74) is 0.327. The fourth-order valence-electron chi connectivity index (χ4n) is 1.53. The molecular weight excluding hydrogens is 228 g/mol. The van der Waals surface area contributed by atoms with Crippen LogP contribution in [-0.2, 0) is 0 Å². The third kappa shape index (κ3) is 2.28. The van der Waals surface area contributed by atoms with Crippen molar-refractivity contribution in [3.63, 3.8) is 0 Å². The SMILES string of the molecule is O=Nc1cc(O)cc(-c2ccc(F)cc2F)c1. The summed E-state index contributed by atoms with van der Waals surface area (Å²) in [6.07, 6.45) is 0. The number of halogens is 2. The van der Waals surface area contributed by atoms with Gasteiger partial charge in [-0.15, -0.1) is 4.91 Å². The van der Waals surface area contributed by atoms with Crippen LogP contribution in [0.2, 0.25) is 0 Å². The number of rotatable bonds is 2. The van der Waals surface area contributed by atoms with Gasteiger partial charge in [0.15, 0.2) is 0 Å². The molecule has 0 aliphatic heterocycles. The normalized spacial score (nSPS) is 10.2. The van der Waals surface area contributed by atoms with E-state index < -0.39 is 11.6 Å². The quantitative estimate of drug-likeness (QED) is 0.806. The molecule has 0 saturated heterocycles. The summed E-state index contributed by atoms with van der Waals surface area (Å²) in [5, 5.41) is 12.0. The largest absolute Gasteiger partial charge is 0.508 e. The molecule has 2 rings (SSSR count). The lowest BCUT2D eigenvalue weighted by Crippen LogP contribution is -1.86. The first-order valence-electron chi connectivity index (χ1n) is 4.73. The number of benzene rings is 2. The molecule has 0 aliphatic carbocycles. The molecule has 0 aromatic heterocycles. The van der Waals surface area contributed by atoms with Gasteiger partial charge in [-0.05, 0) is 35.0 Å². The Labute approximate surface area is 95.3 Å². The highest BCUT2D eigenvalue weighted by Gasteiger charge is 2.09. The Morgan fingerprint density at radius 2 is 1.82 bits per heavy atom. The predicted molar refractivity (Wildman–Crippen MR) is 58.9 cm³/mol. The Kier molecular flexibility index (Phi) is 2.82. The van der Waals surface area contributed by atoms with Crippen molar-refractivity contribution < 1.29 is 13.9 Å². The van der Waals surface area contributed by atoms with E-state index in [4.69, 9.17) is 0 Å². The van der Waals surface area contributed by atoms with Crippen LogP contribution in [0.15, 0.2) is 41.6 Å². The summed E-state index contributed by atoms with van der Waals surface area (Å²) < 4.78 is 26.2. The number of hydrogen-bond acceptors (Lipinski definition) is 3. The number of hydrogen-bond donors (Lipinski definition) is 1. The second-order valence-corrected chi connectivity index (χ2v) is 3.45. The van der Waals surface area contributed by atoms with Crippen molar-refractivity contribution in [2.75, 3.05) is 0 Å². The first-order valence-corrected chi connectivity index (χ1v) is 4.73. The molecule has 0 fully saturated rings. The lowest BCUT2D eigenvalue weighted by atomic mass is 10.0. The first-order chi connectivity index (χ1) is 8.10. The Balaban J connectivity index is 2.59. The number of nitroso groups, excluding NO2 is 1. The lowest BCUT2D eigenvalue weighted by molar-refractivity contribution is 0.476. The van der Waals surface area contributed by atoms with Gasteiger partial charge in [0, 0.05) is 17.7 Å². The zero-order chi connectivity index (χ0) is 12.4. The molecule has 0 amide bonds. The smallest absolute Gasteiger partial charge is 0.133 e. The van der Waals surface area contributed by atoms with Crippen molar-refractivity contribution in [3.8, 4) is 16.9 Å². The zero-order valence-corrected chi connectivity index (χ0v) is 8.52. The van der Waals surface area contributed by atoms with E-state index >= 15 is 0 Å². The topological polar surface area (TPSA) is 49.7 Å². The molecule has 5 heteroatoms. The van der Waals surface area contributed by atoms with Gasteiger partial charge >= 0.3 is 0 Å². The van der Waals surface area contributed by atoms with Crippen LogP contribution < -0.4 is 0 Å². The van der Waals surface area contributed by atoms with Crippen molar-refractivity contribution in [1.82, 2.24) is 0 Å². The van der Waals surface area contributed by atoms with Crippen LogP contribution in [0.1, 0.15) is 0 Å². The molecule has 0 aliphatic rings. The van der Waals surface area contributed by atoms with Crippen LogP contribution in [0.3, 0.4) is 0 Å². The maximum atomic E-state index is 13.5. The van der Waals surface area contributed by atoms with E-state index in [1.54, 1.807) is 0 Å². The molecule has 0 saturated carbocycles. The Morgan fingerprint density at radius 1 is 1.06 bits per heavy atom. The Morgan fingerprint density at radius 3 is 2.47 bits per heavy atom. The van der Waals surface area contributed by atoms with Gasteiger partial charge in [0.25, 0.3) is 0 Å². The van der Waals surface area contributed by atoms with Crippen molar-refractivity contribution in [1.29, 1.82) is 0 Å². The van der Waals surface area contributed by atoms with Crippen molar-refractivity contribution >= 4 is 5.69 Å². The van der Waals surface area contributed by atoms with E-state index in [0.29, 0.717) is 0 Å². The van der Waals surface area contributed by atoms with Crippen LogP contribution in [0, 0.1) is 16.5 Å². The summed E-state index contributed by atoms with van der Waals surface area (Å²) in [6, 6.07) is 6.78. The Bertz CT molecular complexity index is 585. The molecule has 0 spiro atoms. The summed E-state index contributed by atoms with van der Waals surface area (Å²) >= 11 is 0. The molecule has 3 nitrogen and oxygen atoms in total. The van der Waals surface area contributed by atoms with Gasteiger partial charge in [0.1, 0.15) is 23.1 Å². The molecule has 17 heavy (non-hydrogen) atoms. The molecule has 2 aromatic carbocycles. The van der Waals surface area contributed by atoms with Crippen LogP contribution in [-0.4, -0.2) is 5.11 Å². The second-order valence-electron chi connectivity index (χ2n) is 3.45. The number of nitrogens with zero attached hydrogens (tertiary/aromatic N) is 1. The third-order valence-corrected chi connectivity index (χ3v) is 2.25. The fourth-order valence-corrected chi connectivity index (χ4v) is 1.53. The second kappa shape index (κ2) is 4.29. The maximum Gasteiger partial charge on any atom is 0.133 e. The van der Waals surface area contributed by atoms with Gasteiger partial charge in [-0.25, -0.2) is 8.78 Å². The van der Waals surface area contributed by atoms with Gasteiger partial charge in [-0.2, -0.15) is 0 Å². The van der Waals surface area contributed by atoms with Crippen molar-refractivity contribution in [2.24, 2.45) is 5.18 Å². The molecule has 86 valence electrons. The molecule has 0 heterocycles. The van der Waals surface area contributed by atoms with Gasteiger partial charge in [0.05, 0.1) is 0 Å². The summed E-state index contributed by atoms with van der Waals surface area (Å²) in [7, 11) is 0. The summed E-state index contributed by atoms with van der Waals surface area (Å²) in [5.74, 6) is -1.67. The third-order valence-electron chi connectivity index (χ3n) is 2.25. The van der Waals surface area contributed by atoms with E-state index in [9.17, 15) is 18.8 Å². The van der Waals surface area contributed by atoms with Crippen molar-refractivity contribution in [2.45, 2.75) is 0 Å². The van der Waals surface area contributed by atoms with Crippen LogP contribution in [0.25, 0.3) is 11.1 Å². The van der Waals surface area contributed by atoms with Gasteiger partial charge in [-0.1, -0.05) is 0 Å². The highest BCUT2D eigenvalue weighted by molar-refractivity contribution is 5.69. The van der Waals surface area contributed by atoms with Crippen LogP contribution in [0.5, 0.6) is 5.75 Å². The predicted octanol–water partition coefficient (Wildman–Crippen LogP) is 3.74. The van der Waals surface area contributed by atoms with E-state index in [1.807, 2.05) is 0 Å². The number of phenolic OH excluding ortho intramolecular Hbond substituents is 1. The average Bonchev–Trinajstić information content (AvgIpc) is 2.28. The Hall–Kier alpha value is -2.30. The molecule has 2 aromatic rings. The van der Waals surface area contributed by atoms with Crippen LogP contribution in [0.4, 0.5) is 14.5 Å². The molecule has 0 unspecified atom stereocenters. The van der Waals surface area contributed by atoms with Gasteiger partial charge in [-0.3, -0.25) is 0 Å². The lowest BCUT2D eigenvalue weighted by Gasteiger charge is -2.04. The van der Waals surface area contributed by atoms with E-state index in [-0.39, 0.29) is 22.6 Å². The highest BCUT2D eigenvalue weighted by Crippen LogP contribution is 2.30. The van der Waals surface area contributed by atoms with E-state index in [1.165, 1.54) is 18.2 Å². The highest BCUT2D eigenvalue weighted by atomic mass is 19.1. The summed E-state index contributed by atoms with van der Waals surface area (Å²) in [6.45, 7) is 0. The van der Waals surface area contributed by atoms with Gasteiger partial charge < -0.3 is 5.11 Å².